The van der Waals surface area contributed by atoms with Crippen LogP contribution in [0, 0.1) is 17.1 Å². The lowest BCUT2D eigenvalue weighted by molar-refractivity contribution is 0.473. The van der Waals surface area contributed by atoms with Gasteiger partial charge in [-0.1, -0.05) is 6.07 Å². The molecule has 1 aromatic heterocycles. The zero-order chi connectivity index (χ0) is 11.5. The standard InChI is InChI=1S/C12H7FN2O/c13-12-8(6-14)2-1-3-10(12)11-5-4-9(16)7-15-11/h1-5,7,16H. The van der Waals surface area contributed by atoms with Crippen LogP contribution in [0.2, 0.25) is 0 Å². The summed E-state index contributed by atoms with van der Waals surface area (Å²) in [4.78, 5) is 3.89. The Morgan fingerprint density at radius 1 is 1.25 bits per heavy atom. The van der Waals surface area contributed by atoms with Gasteiger partial charge < -0.3 is 5.11 Å². The molecule has 3 nitrogen and oxygen atoms in total. The Bertz CT molecular complexity index is 558. The molecule has 0 aliphatic carbocycles. The summed E-state index contributed by atoms with van der Waals surface area (Å²) < 4.78 is 13.7. The van der Waals surface area contributed by atoms with E-state index in [9.17, 15) is 4.39 Å². The van der Waals surface area contributed by atoms with Crippen molar-refractivity contribution in [3.8, 4) is 23.1 Å². The second-order valence-corrected chi connectivity index (χ2v) is 3.18. The van der Waals surface area contributed by atoms with Gasteiger partial charge in [-0.3, -0.25) is 4.98 Å². The van der Waals surface area contributed by atoms with Gasteiger partial charge in [0.2, 0.25) is 0 Å². The van der Waals surface area contributed by atoms with Crippen molar-refractivity contribution in [3.63, 3.8) is 0 Å². The van der Waals surface area contributed by atoms with E-state index in [0.717, 1.165) is 0 Å². The SMILES string of the molecule is N#Cc1cccc(-c2ccc(O)cn2)c1F. The minimum absolute atomic E-state index is 0.0144. The zero-order valence-corrected chi connectivity index (χ0v) is 8.18. The van der Waals surface area contributed by atoms with E-state index in [4.69, 9.17) is 10.4 Å². The number of hydrogen-bond acceptors (Lipinski definition) is 3. The lowest BCUT2D eigenvalue weighted by Crippen LogP contribution is -1.90. The molecule has 2 rings (SSSR count). The van der Waals surface area contributed by atoms with E-state index in [-0.39, 0.29) is 16.9 Å². The summed E-state index contributed by atoms with van der Waals surface area (Å²) in [5, 5.41) is 17.7. The van der Waals surface area contributed by atoms with Crippen LogP contribution in [0.4, 0.5) is 4.39 Å². The summed E-state index contributed by atoms with van der Waals surface area (Å²) >= 11 is 0. The summed E-state index contributed by atoms with van der Waals surface area (Å²) in [6, 6.07) is 9.21. The molecule has 0 radical (unpaired) electrons. The van der Waals surface area contributed by atoms with Gasteiger partial charge in [0.25, 0.3) is 0 Å². The highest BCUT2D eigenvalue weighted by Crippen LogP contribution is 2.23. The van der Waals surface area contributed by atoms with Crippen LogP contribution in [0.1, 0.15) is 5.56 Å². The van der Waals surface area contributed by atoms with E-state index in [1.807, 2.05) is 0 Å². The third kappa shape index (κ3) is 1.71. The molecule has 0 amide bonds. The Labute approximate surface area is 91.4 Å². The number of aromatic nitrogens is 1. The maximum absolute atomic E-state index is 13.7. The monoisotopic (exact) mass is 214 g/mol. The van der Waals surface area contributed by atoms with Crippen molar-refractivity contribution >= 4 is 0 Å². The first kappa shape index (κ1) is 10.1. The Balaban J connectivity index is 2.57. The van der Waals surface area contributed by atoms with Gasteiger partial charge >= 0.3 is 0 Å². The molecule has 1 heterocycles. The number of hydrogen-bond donors (Lipinski definition) is 1. The third-order valence-electron chi connectivity index (χ3n) is 2.14. The summed E-state index contributed by atoms with van der Waals surface area (Å²) in [6.07, 6.45) is 1.23. The Morgan fingerprint density at radius 2 is 2.06 bits per heavy atom. The molecule has 78 valence electrons. The first-order chi connectivity index (χ1) is 7.72. The summed E-state index contributed by atoms with van der Waals surface area (Å²) in [6.45, 7) is 0. The molecule has 0 saturated heterocycles. The topological polar surface area (TPSA) is 56.9 Å². The van der Waals surface area contributed by atoms with E-state index < -0.39 is 5.82 Å². The first-order valence-electron chi connectivity index (χ1n) is 4.56. The van der Waals surface area contributed by atoms with Crippen LogP contribution in [0.25, 0.3) is 11.3 Å². The average Bonchev–Trinajstić information content (AvgIpc) is 2.31. The van der Waals surface area contributed by atoms with Crippen LogP contribution in [-0.2, 0) is 0 Å². The number of pyridine rings is 1. The molecular formula is C12H7FN2O. The molecule has 4 heteroatoms. The second kappa shape index (κ2) is 3.99. The molecule has 0 spiro atoms. The molecule has 0 fully saturated rings. The number of nitriles is 1. The summed E-state index contributed by atoms with van der Waals surface area (Å²) in [7, 11) is 0. The highest BCUT2D eigenvalue weighted by atomic mass is 19.1. The molecule has 0 bridgehead atoms. The lowest BCUT2D eigenvalue weighted by atomic mass is 10.1. The highest BCUT2D eigenvalue weighted by Gasteiger charge is 2.10. The maximum atomic E-state index is 13.7. The van der Waals surface area contributed by atoms with Crippen molar-refractivity contribution in [1.82, 2.24) is 4.98 Å². The number of halogens is 1. The predicted octanol–water partition coefficient (Wildman–Crippen LogP) is 2.46. The smallest absolute Gasteiger partial charge is 0.150 e. The summed E-state index contributed by atoms with van der Waals surface area (Å²) in [5.41, 5.74) is 0.610. The second-order valence-electron chi connectivity index (χ2n) is 3.18. The molecular weight excluding hydrogens is 207 g/mol. The van der Waals surface area contributed by atoms with Crippen molar-refractivity contribution in [2.75, 3.05) is 0 Å². The van der Waals surface area contributed by atoms with Crippen molar-refractivity contribution in [3.05, 3.63) is 47.9 Å². The normalized spacial score (nSPS) is 9.75. The zero-order valence-electron chi connectivity index (χ0n) is 8.18. The lowest BCUT2D eigenvalue weighted by Gasteiger charge is -2.03. The van der Waals surface area contributed by atoms with Crippen molar-refractivity contribution < 1.29 is 9.50 Å². The van der Waals surface area contributed by atoms with Crippen LogP contribution in [0.15, 0.2) is 36.5 Å². The number of nitrogens with zero attached hydrogens (tertiary/aromatic N) is 2. The van der Waals surface area contributed by atoms with Crippen LogP contribution in [-0.4, -0.2) is 10.1 Å². The number of rotatable bonds is 1. The van der Waals surface area contributed by atoms with E-state index in [1.54, 1.807) is 12.1 Å². The Kier molecular flexibility index (Phi) is 2.52. The van der Waals surface area contributed by atoms with Gasteiger partial charge in [-0.05, 0) is 24.3 Å². The highest BCUT2D eigenvalue weighted by molar-refractivity contribution is 5.62. The van der Waals surface area contributed by atoms with E-state index >= 15 is 0 Å². The fourth-order valence-corrected chi connectivity index (χ4v) is 1.36. The molecule has 1 aromatic carbocycles. The van der Waals surface area contributed by atoms with Crippen molar-refractivity contribution in [2.24, 2.45) is 0 Å². The number of benzene rings is 1. The van der Waals surface area contributed by atoms with Crippen molar-refractivity contribution in [1.29, 1.82) is 5.26 Å². The third-order valence-corrected chi connectivity index (χ3v) is 2.14. The van der Waals surface area contributed by atoms with Gasteiger partial charge in [-0.2, -0.15) is 5.26 Å². The minimum Gasteiger partial charge on any atom is -0.506 e. The van der Waals surface area contributed by atoms with E-state index in [0.29, 0.717) is 5.69 Å². The van der Waals surface area contributed by atoms with E-state index in [1.165, 1.54) is 30.5 Å². The molecule has 1 N–H and O–H groups in total. The van der Waals surface area contributed by atoms with Crippen LogP contribution >= 0.6 is 0 Å². The largest absolute Gasteiger partial charge is 0.506 e. The molecule has 2 aromatic rings. The predicted molar refractivity (Wildman–Crippen MR) is 56.0 cm³/mol. The Hall–Kier alpha value is -2.41. The van der Waals surface area contributed by atoms with Crippen LogP contribution in [0.3, 0.4) is 0 Å². The molecule has 0 aliphatic rings. The van der Waals surface area contributed by atoms with Gasteiger partial charge in [-0.25, -0.2) is 4.39 Å². The average molecular weight is 214 g/mol. The van der Waals surface area contributed by atoms with Gasteiger partial charge in [0.1, 0.15) is 17.6 Å². The van der Waals surface area contributed by atoms with Crippen LogP contribution < -0.4 is 0 Å². The maximum Gasteiger partial charge on any atom is 0.150 e. The summed E-state index contributed by atoms with van der Waals surface area (Å²) in [5.74, 6) is -0.580. The van der Waals surface area contributed by atoms with Gasteiger partial charge in [-0.15, -0.1) is 0 Å². The van der Waals surface area contributed by atoms with Gasteiger partial charge in [0.05, 0.1) is 17.5 Å². The fourth-order valence-electron chi connectivity index (χ4n) is 1.36. The van der Waals surface area contributed by atoms with Gasteiger partial charge in [0.15, 0.2) is 0 Å². The minimum atomic E-state index is -0.594. The quantitative estimate of drug-likeness (QED) is 0.793. The first-order valence-corrected chi connectivity index (χ1v) is 4.56. The fraction of sp³-hybridized carbons (Fsp3) is 0. The molecule has 0 atom stereocenters. The molecule has 16 heavy (non-hydrogen) atoms. The Morgan fingerprint density at radius 3 is 2.69 bits per heavy atom. The van der Waals surface area contributed by atoms with E-state index in [2.05, 4.69) is 4.98 Å². The van der Waals surface area contributed by atoms with Crippen molar-refractivity contribution in [2.45, 2.75) is 0 Å². The number of aromatic hydroxyl groups is 1. The molecule has 0 saturated carbocycles. The van der Waals surface area contributed by atoms with Crippen LogP contribution in [0.5, 0.6) is 5.75 Å². The van der Waals surface area contributed by atoms with Gasteiger partial charge in [0, 0.05) is 5.56 Å². The molecule has 0 unspecified atom stereocenters. The molecule has 0 aliphatic heterocycles.